The number of methoxy groups -OCH3 is 1. The largest absolute Gasteiger partial charge is 0.497 e. The first-order valence-electron chi connectivity index (χ1n) is 10.6. The summed E-state index contributed by atoms with van der Waals surface area (Å²) in [4.78, 5) is 27.3. The summed E-state index contributed by atoms with van der Waals surface area (Å²) >= 11 is 6.74. The number of ether oxygens (including phenoxy) is 1. The van der Waals surface area contributed by atoms with Crippen molar-refractivity contribution in [1.29, 1.82) is 0 Å². The van der Waals surface area contributed by atoms with Gasteiger partial charge in [0.2, 0.25) is 5.91 Å². The van der Waals surface area contributed by atoms with E-state index < -0.39 is 0 Å². The van der Waals surface area contributed by atoms with Crippen molar-refractivity contribution in [2.75, 3.05) is 19.0 Å². The highest BCUT2D eigenvalue weighted by Crippen LogP contribution is 2.33. The minimum Gasteiger partial charge on any atom is -0.497 e. The summed E-state index contributed by atoms with van der Waals surface area (Å²) in [6.45, 7) is 4.62. The lowest BCUT2D eigenvalue weighted by Crippen LogP contribution is -2.29. The van der Waals surface area contributed by atoms with Gasteiger partial charge in [-0.2, -0.15) is 0 Å². The van der Waals surface area contributed by atoms with Gasteiger partial charge < -0.3 is 10.1 Å². The Morgan fingerprint density at radius 1 is 1.12 bits per heavy atom. The van der Waals surface area contributed by atoms with E-state index in [1.165, 1.54) is 11.8 Å². The maximum absolute atomic E-state index is 12.7. The molecule has 1 fully saturated rings. The molecule has 32 heavy (non-hydrogen) atoms. The summed E-state index contributed by atoms with van der Waals surface area (Å²) in [7, 11) is 1.62. The number of amides is 2. The van der Waals surface area contributed by atoms with Crippen LogP contribution in [-0.2, 0) is 9.59 Å². The normalized spacial score (nSPS) is 14.8. The average molecular weight is 469 g/mol. The zero-order valence-corrected chi connectivity index (χ0v) is 20.3. The van der Waals surface area contributed by atoms with E-state index in [1.807, 2.05) is 62.4 Å². The molecule has 7 heteroatoms. The van der Waals surface area contributed by atoms with Crippen molar-refractivity contribution in [2.45, 2.75) is 39.5 Å². The maximum atomic E-state index is 12.7. The summed E-state index contributed by atoms with van der Waals surface area (Å²) in [6, 6.07) is 13.5. The van der Waals surface area contributed by atoms with E-state index in [0.717, 1.165) is 47.4 Å². The van der Waals surface area contributed by atoms with E-state index in [1.54, 1.807) is 12.0 Å². The highest BCUT2D eigenvalue weighted by molar-refractivity contribution is 8.26. The number of thioether (sulfide) groups is 1. The second-order valence-electron chi connectivity index (χ2n) is 7.71. The molecule has 5 nitrogen and oxygen atoms in total. The van der Waals surface area contributed by atoms with Gasteiger partial charge in [-0.1, -0.05) is 54.7 Å². The minimum absolute atomic E-state index is 0.0201. The molecular weight excluding hydrogens is 440 g/mol. The molecule has 0 atom stereocenters. The molecule has 0 aliphatic carbocycles. The van der Waals surface area contributed by atoms with E-state index in [0.29, 0.717) is 22.2 Å². The number of rotatable bonds is 9. The van der Waals surface area contributed by atoms with Crippen molar-refractivity contribution < 1.29 is 14.3 Å². The molecular formula is C25H28N2O3S2. The lowest BCUT2D eigenvalue weighted by atomic mass is 10.1. The lowest BCUT2D eigenvalue weighted by molar-refractivity contribution is -0.122. The number of carbonyl (C=O) groups excluding carboxylic acids is 2. The highest BCUT2D eigenvalue weighted by Gasteiger charge is 2.31. The number of benzene rings is 2. The highest BCUT2D eigenvalue weighted by atomic mass is 32.2. The molecule has 3 rings (SSSR count). The van der Waals surface area contributed by atoms with Crippen molar-refractivity contribution in [3.05, 3.63) is 64.1 Å². The van der Waals surface area contributed by atoms with Crippen LogP contribution in [0.3, 0.4) is 0 Å². The molecule has 2 aromatic carbocycles. The van der Waals surface area contributed by atoms with Crippen LogP contribution in [0, 0.1) is 13.8 Å². The third kappa shape index (κ3) is 6.20. The van der Waals surface area contributed by atoms with Gasteiger partial charge in [0.1, 0.15) is 10.1 Å². The topological polar surface area (TPSA) is 58.6 Å². The van der Waals surface area contributed by atoms with Gasteiger partial charge >= 0.3 is 0 Å². The number of hydrogen-bond acceptors (Lipinski definition) is 5. The van der Waals surface area contributed by atoms with Crippen LogP contribution < -0.4 is 10.1 Å². The lowest BCUT2D eigenvalue weighted by Gasteiger charge is -2.14. The van der Waals surface area contributed by atoms with Crippen LogP contribution >= 0.6 is 24.0 Å². The van der Waals surface area contributed by atoms with Crippen molar-refractivity contribution in [2.24, 2.45) is 0 Å². The second-order valence-corrected chi connectivity index (χ2v) is 9.39. The molecule has 0 spiro atoms. The van der Waals surface area contributed by atoms with Gasteiger partial charge in [-0.25, -0.2) is 0 Å². The van der Waals surface area contributed by atoms with E-state index in [2.05, 4.69) is 5.32 Å². The van der Waals surface area contributed by atoms with Crippen LogP contribution in [0.4, 0.5) is 5.69 Å². The van der Waals surface area contributed by atoms with Crippen LogP contribution in [-0.4, -0.2) is 34.7 Å². The number of aryl methyl sites for hydroxylation is 1. The summed E-state index contributed by atoms with van der Waals surface area (Å²) < 4.78 is 5.75. The quantitative estimate of drug-likeness (QED) is 0.290. The predicted molar refractivity (Wildman–Crippen MR) is 136 cm³/mol. The van der Waals surface area contributed by atoms with Gasteiger partial charge in [0, 0.05) is 18.7 Å². The van der Waals surface area contributed by atoms with Gasteiger partial charge in [0.05, 0.1) is 12.0 Å². The summed E-state index contributed by atoms with van der Waals surface area (Å²) in [5, 5.41) is 2.99. The molecule has 0 bridgehead atoms. The molecule has 1 saturated heterocycles. The molecule has 1 N–H and O–H groups in total. The Labute approximate surface area is 199 Å². The number of nitrogens with zero attached hydrogens (tertiary/aromatic N) is 1. The van der Waals surface area contributed by atoms with Gasteiger partial charge in [-0.05, 0) is 67.7 Å². The van der Waals surface area contributed by atoms with Crippen LogP contribution in [0.15, 0.2) is 47.4 Å². The average Bonchev–Trinajstić information content (AvgIpc) is 3.04. The first-order chi connectivity index (χ1) is 15.4. The number of carbonyl (C=O) groups is 2. The van der Waals surface area contributed by atoms with Gasteiger partial charge in [0.25, 0.3) is 5.91 Å². The van der Waals surface area contributed by atoms with Crippen molar-refractivity contribution in [3.63, 3.8) is 0 Å². The smallest absolute Gasteiger partial charge is 0.266 e. The Bertz CT molecular complexity index is 1030. The fourth-order valence-electron chi connectivity index (χ4n) is 3.38. The van der Waals surface area contributed by atoms with Crippen molar-refractivity contribution >= 4 is 51.9 Å². The molecule has 0 aromatic heterocycles. The number of nitrogens with one attached hydrogen (secondary N) is 1. The molecule has 2 amide bonds. The zero-order chi connectivity index (χ0) is 23.1. The Hall–Kier alpha value is -2.64. The Morgan fingerprint density at radius 2 is 1.88 bits per heavy atom. The Balaban J connectivity index is 1.43. The Kier molecular flexibility index (Phi) is 8.47. The molecule has 1 aliphatic heterocycles. The summed E-state index contributed by atoms with van der Waals surface area (Å²) in [5.41, 5.74) is 4.06. The molecule has 168 valence electrons. The van der Waals surface area contributed by atoms with Crippen molar-refractivity contribution in [3.8, 4) is 5.75 Å². The van der Waals surface area contributed by atoms with Crippen LogP contribution in [0.5, 0.6) is 5.75 Å². The van der Waals surface area contributed by atoms with Crippen molar-refractivity contribution in [1.82, 2.24) is 4.90 Å². The number of unbranched alkanes of at least 4 members (excludes halogenated alkanes) is 2. The number of anilines is 1. The van der Waals surface area contributed by atoms with E-state index in [9.17, 15) is 9.59 Å². The van der Waals surface area contributed by atoms with E-state index >= 15 is 0 Å². The molecule has 1 aliphatic rings. The molecule has 0 saturated carbocycles. The van der Waals surface area contributed by atoms with Gasteiger partial charge in [-0.15, -0.1) is 0 Å². The molecule has 1 heterocycles. The fraction of sp³-hybridized carbons (Fsp3) is 0.320. The van der Waals surface area contributed by atoms with E-state index in [4.69, 9.17) is 17.0 Å². The first kappa shape index (κ1) is 24.0. The SMILES string of the molecule is COc1ccc(/C=C2\SC(=S)N(CCCCCC(=O)Nc3cccc(C)c3C)C2=O)cc1. The maximum Gasteiger partial charge on any atom is 0.266 e. The van der Waals surface area contributed by atoms with Crippen LogP contribution in [0.25, 0.3) is 6.08 Å². The molecule has 0 unspecified atom stereocenters. The number of hydrogen-bond donors (Lipinski definition) is 1. The second kappa shape index (κ2) is 11.3. The minimum atomic E-state index is -0.0523. The Morgan fingerprint density at radius 3 is 2.59 bits per heavy atom. The monoisotopic (exact) mass is 468 g/mol. The van der Waals surface area contributed by atoms with Crippen LogP contribution in [0.2, 0.25) is 0 Å². The standard InChI is InChI=1S/C25H28N2O3S2/c1-17-8-7-9-21(18(17)2)26-23(28)10-5-4-6-15-27-24(29)22(32-25(27)31)16-19-11-13-20(30-3)14-12-19/h7-9,11-14,16H,4-6,10,15H2,1-3H3,(H,26,28)/b22-16-. The first-order valence-corrected chi connectivity index (χ1v) is 11.9. The summed E-state index contributed by atoms with van der Waals surface area (Å²) in [5.74, 6) is 0.743. The van der Waals surface area contributed by atoms with Gasteiger partial charge in [0.15, 0.2) is 0 Å². The third-order valence-electron chi connectivity index (χ3n) is 5.45. The number of thiocarbonyl (C=S) groups is 1. The van der Waals surface area contributed by atoms with E-state index in [-0.39, 0.29) is 11.8 Å². The fourth-order valence-corrected chi connectivity index (χ4v) is 4.68. The predicted octanol–water partition coefficient (Wildman–Crippen LogP) is 5.71. The zero-order valence-electron chi connectivity index (χ0n) is 18.6. The molecule has 2 aromatic rings. The summed E-state index contributed by atoms with van der Waals surface area (Å²) in [6.07, 6.45) is 4.75. The molecule has 0 radical (unpaired) electrons. The third-order valence-corrected chi connectivity index (χ3v) is 6.83. The van der Waals surface area contributed by atoms with Crippen LogP contribution in [0.1, 0.15) is 42.4 Å². The van der Waals surface area contributed by atoms with Gasteiger partial charge in [-0.3, -0.25) is 14.5 Å².